The Morgan fingerprint density at radius 1 is 0.655 bits per heavy atom. The Balaban J connectivity index is 1.06. The summed E-state index contributed by atoms with van der Waals surface area (Å²) < 4.78 is 13.4. The van der Waals surface area contributed by atoms with E-state index in [-0.39, 0.29) is 30.6 Å². The topological polar surface area (TPSA) is 126 Å². The van der Waals surface area contributed by atoms with Crippen molar-refractivity contribution in [3.8, 4) is 0 Å². The highest BCUT2D eigenvalue weighted by Gasteiger charge is 2.33. The van der Waals surface area contributed by atoms with Gasteiger partial charge >= 0.3 is 0 Å². The number of nitrogens with two attached hydrogens (primary N) is 1. The molecule has 286 valence electrons. The highest BCUT2D eigenvalue weighted by molar-refractivity contribution is 5.93. The van der Waals surface area contributed by atoms with Gasteiger partial charge in [-0.15, -0.1) is 0 Å². The van der Waals surface area contributed by atoms with Crippen LogP contribution >= 0.6 is 0 Å². The SMILES string of the molecule is Nc1ccccc1NC(=O)CCCCCCC(=O)Nc1cccc(C2OC(CN(Cc3ccccc3)Cc3ccccc3)CC(c3ccc(CO)cc3)O2)c1. The third-order valence-corrected chi connectivity index (χ3v) is 9.81. The first kappa shape index (κ1) is 39.4. The smallest absolute Gasteiger partial charge is 0.224 e. The lowest BCUT2D eigenvalue weighted by molar-refractivity contribution is -0.253. The minimum absolute atomic E-state index is 0.0171. The number of nitrogens with one attached hydrogen (secondary N) is 2. The summed E-state index contributed by atoms with van der Waals surface area (Å²) in [5, 5.41) is 15.6. The van der Waals surface area contributed by atoms with Crippen molar-refractivity contribution in [1.29, 1.82) is 0 Å². The molecule has 1 heterocycles. The maximum Gasteiger partial charge on any atom is 0.224 e. The van der Waals surface area contributed by atoms with Crippen LogP contribution in [0.15, 0.2) is 133 Å². The Bertz CT molecular complexity index is 1900. The number of para-hydroxylation sites is 2. The zero-order chi connectivity index (χ0) is 38.2. The van der Waals surface area contributed by atoms with Gasteiger partial charge in [-0.25, -0.2) is 0 Å². The second-order valence-electron chi connectivity index (χ2n) is 14.2. The lowest BCUT2D eigenvalue weighted by Crippen LogP contribution is -2.39. The number of hydrogen-bond donors (Lipinski definition) is 4. The van der Waals surface area contributed by atoms with Gasteiger partial charge in [0.05, 0.1) is 30.2 Å². The van der Waals surface area contributed by atoms with Crippen LogP contribution in [0.25, 0.3) is 0 Å². The minimum atomic E-state index is -0.649. The highest BCUT2D eigenvalue weighted by atomic mass is 16.7. The van der Waals surface area contributed by atoms with Crippen molar-refractivity contribution in [3.63, 3.8) is 0 Å². The second-order valence-corrected chi connectivity index (χ2v) is 14.2. The Morgan fingerprint density at radius 2 is 1.27 bits per heavy atom. The van der Waals surface area contributed by atoms with E-state index >= 15 is 0 Å². The summed E-state index contributed by atoms with van der Waals surface area (Å²) in [6, 6.07) is 43.8. The zero-order valence-corrected chi connectivity index (χ0v) is 31.3. The number of hydrogen-bond acceptors (Lipinski definition) is 7. The molecule has 3 atom stereocenters. The number of aliphatic hydroxyl groups is 1. The van der Waals surface area contributed by atoms with Gasteiger partial charge in [0.2, 0.25) is 11.8 Å². The number of benzene rings is 5. The van der Waals surface area contributed by atoms with Gasteiger partial charge in [-0.05, 0) is 59.4 Å². The molecule has 1 saturated heterocycles. The number of rotatable bonds is 18. The van der Waals surface area contributed by atoms with Gasteiger partial charge in [0, 0.05) is 50.1 Å². The standard InChI is InChI=1S/C46H52N4O5/c47-41-20-11-12-21-42(41)49-45(53)23-10-2-1-9-22-44(52)48-39-19-13-18-38(28-39)46-54-40(29-43(55-46)37-26-24-36(33-51)25-27-37)32-50(30-34-14-5-3-6-15-34)31-35-16-7-4-8-17-35/h3-8,11-21,24-28,40,43,46,51H,1-2,9-10,22-23,29-33,47H2,(H,48,52)(H,49,53). The first-order valence-electron chi connectivity index (χ1n) is 19.3. The first-order valence-corrected chi connectivity index (χ1v) is 19.3. The van der Waals surface area contributed by atoms with Gasteiger partial charge in [-0.2, -0.15) is 0 Å². The third kappa shape index (κ3) is 12.3. The molecule has 0 radical (unpaired) electrons. The van der Waals surface area contributed by atoms with Gasteiger partial charge in [-0.1, -0.05) is 122 Å². The van der Waals surface area contributed by atoms with Gasteiger partial charge in [0.25, 0.3) is 0 Å². The summed E-state index contributed by atoms with van der Waals surface area (Å²) in [5.74, 6) is -0.118. The van der Waals surface area contributed by atoms with Gasteiger partial charge in [0.1, 0.15) is 0 Å². The van der Waals surface area contributed by atoms with Crippen LogP contribution in [0, 0.1) is 0 Å². The molecule has 2 amide bonds. The number of amides is 2. The number of aliphatic hydroxyl groups excluding tert-OH is 1. The van der Waals surface area contributed by atoms with Crippen molar-refractivity contribution in [2.45, 2.75) is 83.1 Å². The van der Waals surface area contributed by atoms with E-state index in [9.17, 15) is 14.7 Å². The molecule has 5 aromatic rings. The summed E-state index contributed by atoms with van der Waals surface area (Å²) in [5.41, 5.74) is 13.0. The third-order valence-electron chi connectivity index (χ3n) is 9.81. The van der Waals surface area contributed by atoms with Crippen LogP contribution in [0.1, 0.15) is 85.2 Å². The fourth-order valence-electron chi connectivity index (χ4n) is 6.92. The van der Waals surface area contributed by atoms with Crippen molar-refractivity contribution in [2.75, 3.05) is 22.9 Å². The Kier molecular flexibility index (Phi) is 14.6. The molecule has 6 rings (SSSR count). The molecular weight excluding hydrogens is 689 g/mol. The van der Waals surface area contributed by atoms with E-state index in [2.05, 4.69) is 64.1 Å². The molecule has 0 aromatic heterocycles. The first-order chi connectivity index (χ1) is 26.9. The monoisotopic (exact) mass is 740 g/mol. The molecule has 0 saturated carbocycles. The van der Waals surface area contributed by atoms with E-state index in [1.165, 1.54) is 11.1 Å². The van der Waals surface area contributed by atoms with Crippen LogP contribution < -0.4 is 16.4 Å². The highest BCUT2D eigenvalue weighted by Crippen LogP contribution is 2.39. The fourth-order valence-corrected chi connectivity index (χ4v) is 6.92. The summed E-state index contributed by atoms with van der Waals surface area (Å²) in [6.45, 7) is 2.23. The molecule has 0 aliphatic carbocycles. The molecule has 5 aromatic carbocycles. The molecule has 0 bridgehead atoms. The number of nitrogens with zero attached hydrogens (tertiary/aromatic N) is 1. The Labute approximate surface area is 324 Å². The Morgan fingerprint density at radius 3 is 1.91 bits per heavy atom. The normalized spacial score (nSPS) is 16.8. The average molecular weight is 741 g/mol. The van der Waals surface area contributed by atoms with E-state index in [4.69, 9.17) is 15.2 Å². The predicted molar refractivity (Wildman–Crippen MR) is 218 cm³/mol. The summed E-state index contributed by atoms with van der Waals surface area (Å²) in [4.78, 5) is 27.7. The predicted octanol–water partition coefficient (Wildman–Crippen LogP) is 8.93. The molecule has 3 unspecified atom stereocenters. The van der Waals surface area contributed by atoms with Crippen LogP contribution in [0.4, 0.5) is 17.1 Å². The second kappa shape index (κ2) is 20.4. The largest absolute Gasteiger partial charge is 0.397 e. The number of nitrogen functional groups attached to an aromatic ring is 1. The Hall–Kier alpha value is -5.32. The molecule has 0 spiro atoms. The number of unbranched alkanes of at least 4 members (excludes halogenated alkanes) is 3. The fraction of sp³-hybridized carbons (Fsp3) is 0.304. The molecule has 1 aliphatic heterocycles. The molecule has 55 heavy (non-hydrogen) atoms. The summed E-state index contributed by atoms with van der Waals surface area (Å²) in [6.07, 6.45) is 3.62. The van der Waals surface area contributed by atoms with E-state index in [1.807, 2.05) is 72.8 Å². The van der Waals surface area contributed by atoms with Crippen LogP contribution in [0.5, 0.6) is 0 Å². The molecule has 9 heteroatoms. The number of carbonyl (C=O) groups excluding carboxylic acids is 2. The van der Waals surface area contributed by atoms with E-state index < -0.39 is 6.29 Å². The van der Waals surface area contributed by atoms with Crippen molar-refractivity contribution >= 4 is 28.9 Å². The zero-order valence-electron chi connectivity index (χ0n) is 31.3. The van der Waals surface area contributed by atoms with E-state index in [1.54, 1.807) is 12.1 Å². The van der Waals surface area contributed by atoms with Crippen LogP contribution in [-0.2, 0) is 38.8 Å². The van der Waals surface area contributed by atoms with Gasteiger partial charge in [0.15, 0.2) is 6.29 Å². The molecule has 1 fully saturated rings. The minimum Gasteiger partial charge on any atom is -0.397 e. The molecule has 9 nitrogen and oxygen atoms in total. The maximum absolute atomic E-state index is 13.0. The van der Waals surface area contributed by atoms with Crippen molar-refractivity contribution < 1.29 is 24.2 Å². The van der Waals surface area contributed by atoms with Gasteiger partial charge in [-0.3, -0.25) is 14.5 Å². The van der Waals surface area contributed by atoms with Crippen LogP contribution in [-0.4, -0.2) is 34.5 Å². The lowest BCUT2D eigenvalue weighted by Gasteiger charge is -2.38. The number of carbonyl (C=O) groups is 2. The molecule has 1 aliphatic rings. The average Bonchev–Trinajstić information content (AvgIpc) is 3.21. The summed E-state index contributed by atoms with van der Waals surface area (Å²) in [7, 11) is 0. The van der Waals surface area contributed by atoms with E-state index in [0.29, 0.717) is 42.9 Å². The van der Waals surface area contributed by atoms with Crippen LogP contribution in [0.3, 0.4) is 0 Å². The van der Waals surface area contributed by atoms with Crippen molar-refractivity contribution in [1.82, 2.24) is 4.90 Å². The quantitative estimate of drug-likeness (QED) is 0.0522. The van der Waals surface area contributed by atoms with Gasteiger partial charge < -0.3 is 30.9 Å². The maximum atomic E-state index is 13.0. The van der Waals surface area contributed by atoms with Crippen LogP contribution in [0.2, 0.25) is 0 Å². The summed E-state index contributed by atoms with van der Waals surface area (Å²) >= 11 is 0. The van der Waals surface area contributed by atoms with Crippen molar-refractivity contribution in [2.24, 2.45) is 0 Å². The number of ether oxygens (including phenoxy) is 2. The molecular formula is C46H52N4O5. The number of anilines is 3. The molecule has 5 N–H and O–H groups in total. The van der Waals surface area contributed by atoms with Crippen molar-refractivity contribution in [3.05, 3.63) is 161 Å². The van der Waals surface area contributed by atoms with E-state index in [0.717, 1.165) is 55.5 Å². The lowest BCUT2D eigenvalue weighted by atomic mass is 9.99.